The number of hydrogen-bond acceptors (Lipinski definition) is 3. The molecule has 1 heterocycles. The second-order valence-electron chi connectivity index (χ2n) is 5.57. The lowest BCUT2D eigenvalue weighted by Crippen LogP contribution is -2.36. The minimum atomic E-state index is 0.0997. The van der Waals surface area contributed by atoms with Crippen LogP contribution in [0.5, 0.6) is 5.75 Å². The van der Waals surface area contributed by atoms with Crippen molar-refractivity contribution in [1.29, 1.82) is 0 Å². The standard InChI is InChI=1S/C16H26N2O/c1-12-13(2)16(19-3)8-7-14(12)15(17)11-18-9-5-4-6-10-18/h7-8,15H,4-6,9-11,17H2,1-3H3. The first-order chi connectivity index (χ1) is 9.13. The van der Waals surface area contributed by atoms with Gasteiger partial charge in [0.15, 0.2) is 0 Å². The molecule has 1 aliphatic rings. The molecule has 1 aliphatic heterocycles. The molecule has 2 N–H and O–H groups in total. The molecule has 1 saturated heterocycles. The van der Waals surface area contributed by atoms with Crippen molar-refractivity contribution in [3.05, 3.63) is 28.8 Å². The number of nitrogens with zero attached hydrogens (tertiary/aromatic N) is 1. The van der Waals surface area contributed by atoms with Gasteiger partial charge in [-0.3, -0.25) is 0 Å². The molecule has 1 unspecified atom stereocenters. The normalized spacial score (nSPS) is 18.3. The van der Waals surface area contributed by atoms with E-state index in [1.165, 1.54) is 49.0 Å². The molecule has 3 heteroatoms. The summed E-state index contributed by atoms with van der Waals surface area (Å²) in [5, 5.41) is 0. The predicted octanol–water partition coefficient (Wildman–Crippen LogP) is 2.80. The molecule has 0 radical (unpaired) electrons. The smallest absolute Gasteiger partial charge is 0.122 e. The van der Waals surface area contributed by atoms with Gasteiger partial charge in [0, 0.05) is 12.6 Å². The molecule has 2 rings (SSSR count). The summed E-state index contributed by atoms with van der Waals surface area (Å²) in [5.74, 6) is 0.950. The van der Waals surface area contributed by atoms with Crippen LogP contribution in [0.2, 0.25) is 0 Å². The first-order valence-electron chi connectivity index (χ1n) is 7.25. The molecule has 1 fully saturated rings. The summed E-state index contributed by atoms with van der Waals surface area (Å²) in [4.78, 5) is 2.49. The zero-order valence-electron chi connectivity index (χ0n) is 12.4. The van der Waals surface area contributed by atoms with Crippen LogP contribution in [0.25, 0.3) is 0 Å². The first kappa shape index (κ1) is 14.4. The van der Waals surface area contributed by atoms with Crippen LogP contribution in [-0.4, -0.2) is 31.6 Å². The quantitative estimate of drug-likeness (QED) is 0.907. The van der Waals surface area contributed by atoms with Crippen LogP contribution in [-0.2, 0) is 0 Å². The largest absolute Gasteiger partial charge is 0.496 e. The van der Waals surface area contributed by atoms with Gasteiger partial charge in [-0.2, -0.15) is 0 Å². The van der Waals surface area contributed by atoms with E-state index in [2.05, 4.69) is 24.8 Å². The monoisotopic (exact) mass is 262 g/mol. The molecule has 0 amide bonds. The van der Waals surface area contributed by atoms with Gasteiger partial charge in [-0.05, 0) is 62.5 Å². The molecule has 1 atom stereocenters. The Kier molecular flexibility index (Phi) is 4.83. The average Bonchev–Trinajstić information content (AvgIpc) is 2.42. The molecular formula is C16H26N2O. The number of methoxy groups -OCH3 is 1. The SMILES string of the molecule is COc1ccc(C(N)CN2CCCCC2)c(C)c1C. The fourth-order valence-corrected chi connectivity index (χ4v) is 2.96. The molecular weight excluding hydrogens is 236 g/mol. The van der Waals surface area contributed by atoms with E-state index >= 15 is 0 Å². The molecule has 0 saturated carbocycles. The van der Waals surface area contributed by atoms with E-state index in [9.17, 15) is 0 Å². The summed E-state index contributed by atoms with van der Waals surface area (Å²) >= 11 is 0. The van der Waals surface area contributed by atoms with E-state index in [1.807, 2.05) is 6.07 Å². The predicted molar refractivity (Wildman–Crippen MR) is 79.7 cm³/mol. The summed E-state index contributed by atoms with van der Waals surface area (Å²) in [6, 6.07) is 4.26. The Morgan fingerprint density at radius 2 is 1.84 bits per heavy atom. The number of rotatable bonds is 4. The Bertz CT molecular complexity index is 425. The molecule has 0 spiro atoms. The van der Waals surface area contributed by atoms with E-state index in [4.69, 9.17) is 10.5 Å². The maximum atomic E-state index is 6.40. The van der Waals surface area contributed by atoms with Gasteiger partial charge in [0.25, 0.3) is 0 Å². The molecule has 106 valence electrons. The Hall–Kier alpha value is -1.06. The lowest BCUT2D eigenvalue weighted by Gasteiger charge is -2.30. The summed E-state index contributed by atoms with van der Waals surface area (Å²) in [7, 11) is 1.72. The minimum absolute atomic E-state index is 0.0997. The van der Waals surface area contributed by atoms with E-state index in [1.54, 1.807) is 7.11 Å². The molecule has 3 nitrogen and oxygen atoms in total. The second-order valence-corrected chi connectivity index (χ2v) is 5.57. The zero-order chi connectivity index (χ0) is 13.8. The third-order valence-electron chi connectivity index (χ3n) is 4.30. The van der Waals surface area contributed by atoms with Gasteiger partial charge in [0.2, 0.25) is 0 Å². The highest BCUT2D eigenvalue weighted by atomic mass is 16.5. The third kappa shape index (κ3) is 3.28. The number of piperidine rings is 1. The second kappa shape index (κ2) is 6.40. The van der Waals surface area contributed by atoms with Crippen molar-refractivity contribution in [2.75, 3.05) is 26.7 Å². The fraction of sp³-hybridized carbons (Fsp3) is 0.625. The maximum Gasteiger partial charge on any atom is 0.122 e. The fourth-order valence-electron chi connectivity index (χ4n) is 2.96. The number of likely N-dealkylation sites (tertiary alicyclic amines) is 1. The van der Waals surface area contributed by atoms with Gasteiger partial charge in [-0.15, -0.1) is 0 Å². The van der Waals surface area contributed by atoms with Crippen LogP contribution in [0.4, 0.5) is 0 Å². The molecule has 0 bridgehead atoms. The van der Waals surface area contributed by atoms with Gasteiger partial charge in [0.1, 0.15) is 5.75 Å². The average molecular weight is 262 g/mol. The number of nitrogens with two attached hydrogens (primary N) is 1. The van der Waals surface area contributed by atoms with E-state index in [0.29, 0.717) is 0 Å². The molecule has 0 aliphatic carbocycles. The zero-order valence-corrected chi connectivity index (χ0v) is 12.4. The summed E-state index contributed by atoms with van der Waals surface area (Å²) < 4.78 is 5.36. The first-order valence-corrected chi connectivity index (χ1v) is 7.25. The molecule has 19 heavy (non-hydrogen) atoms. The summed E-state index contributed by atoms with van der Waals surface area (Å²) in [5.41, 5.74) is 10.1. The van der Waals surface area contributed by atoms with Gasteiger partial charge in [-0.1, -0.05) is 12.5 Å². The van der Waals surface area contributed by atoms with Crippen LogP contribution in [0.3, 0.4) is 0 Å². The van der Waals surface area contributed by atoms with Crippen molar-refractivity contribution in [2.45, 2.75) is 39.2 Å². The lowest BCUT2D eigenvalue weighted by atomic mass is 9.96. The van der Waals surface area contributed by atoms with Crippen LogP contribution in [0.1, 0.15) is 42.0 Å². The molecule has 0 aromatic heterocycles. The van der Waals surface area contributed by atoms with Crippen LogP contribution in [0.15, 0.2) is 12.1 Å². The van der Waals surface area contributed by atoms with Crippen molar-refractivity contribution in [3.63, 3.8) is 0 Å². The maximum absolute atomic E-state index is 6.40. The van der Waals surface area contributed by atoms with Crippen molar-refractivity contribution < 1.29 is 4.74 Å². The highest BCUT2D eigenvalue weighted by molar-refractivity contribution is 5.44. The Morgan fingerprint density at radius 1 is 1.16 bits per heavy atom. The Labute approximate surface area is 116 Å². The van der Waals surface area contributed by atoms with Gasteiger partial charge >= 0.3 is 0 Å². The van der Waals surface area contributed by atoms with Crippen LogP contribution in [0, 0.1) is 13.8 Å². The van der Waals surface area contributed by atoms with E-state index in [-0.39, 0.29) is 6.04 Å². The number of benzene rings is 1. The third-order valence-corrected chi connectivity index (χ3v) is 4.30. The highest BCUT2D eigenvalue weighted by Gasteiger charge is 2.17. The van der Waals surface area contributed by atoms with Crippen molar-refractivity contribution in [2.24, 2.45) is 5.73 Å². The van der Waals surface area contributed by atoms with Crippen molar-refractivity contribution in [1.82, 2.24) is 4.90 Å². The highest BCUT2D eigenvalue weighted by Crippen LogP contribution is 2.27. The van der Waals surface area contributed by atoms with Gasteiger partial charge in [0.05, 0.1) is 7.11 Å². The van der Waals surface area contributed by atoms with Crippen molar-refractivity contribution in [3.8, 4) is 5.75 Å². The van der Waals surface area contributed by atoms with E-state index in [0.717, 1.165) is 12.3 Å². The molecule has 1 aromatic carbocycles. The topological polar surface area (TPSA) is 38.5 Å². The molecule has 1 aromatic rings. The number of hydrogen-bond donors (Lipinski definition) is 1. The van der Waals surface area contributed by atoms with Gasteiger partial charge < -0.3 is 15.4 Å². The van der Waals surface area contributed by atoms with Gasteiger partial charge in [-0.25, -0.2) is 0 Å². The lowest BCUT2D eigenvalue weighted by molar-refractivity contribution is 0.216. The van der Waals surface area contributed by atoms with Crippen molar-refractivity contribution >= 4 is 0 Å². The van der Waals surface area contributed by atoms with Crippen LogP contribution >= 0.6 is 0 Å². The number of ether oxygens (including phenoxy) is 1. The summed E-state index contributed by atoms with van der Waals surface area (Å²) in [6.45, 7) is 7.60. The van der Waals surface area contributed by atoms with E-state index < -0.39 is 0 Å². The Balaban J connectivity index is 2.10. The van der Waals surface area contributed by atoms with Crippen LogP contribution < -0.4 is 10.5 Å². The minimum Gasteiger partial charge on any atom is -0.496 e. The Morgan fingerprint density at radius 3 is 2.47 bits per heavy atom. The summed E-state index contributed by atoms with van der Waals surface area (Å²) in [6.07, 6.45) is 3.99.